The number of fused-ring (bicyclic) bond motifs is 3. The highest BCUT2D eigenvalue weighted by atomic mass is 32.1. The van der Waals surface area contributed by atoms with Crippen LogP contribution in [0.5, 0.6) is 0 Å². The van der Waals surface area contributed by atoms with Crippen LogP contribution in [-0.4, -0.2) is 10.8 Å². The quantitative estimate of drug-likeness (QED) is 0.605. The minimum absolute atomic E-state index is 0.0111. The molecule has 0 N–H and O–H groups in total. The largest absolute Gasteiger partial charge is 0.292 e. The number of aromatic nitrogens is 1. The zero-order valence-corrected chi connectivity index (χ0v) is 9.40. The third-order valence-electron chi connectivity index (χ3n) is 2.67. The van der Waals surface area contributed by atoms with Crippen LogP contribution in [-0.2, 0) is 6.42 Å². The number of hydrogen-bond donors (Lipinski definition) is 0. The molecule has 1 aromatic heterocycles. The van der Waals surface area contributed by atoms with E-state index in [2.05, 4.69) is 4.98 Å². The zero-order valence-electron chi connectivity index (χ0n) is 8.58. The Bertz CT molecular complexity index is 603. The lowest BCUT2D eigenvalue weighted by atomic mass is 10.1. The molecule has 1 heterocycles. The number of hydrogen-bond acceptors (Lipinski definition) is 3. The summed E-state index contributed by atoms with van der Waals surface area (Å²) in [6.07, 6.45) is 0.688. The Morgan fingerprint density at radius 3 is 3.06 bits per heavy atom. The van der Waals surface area contributed by atoms with Crippen LogP contribution < -0.4 is 0 Å². The van der Waals surface area contributed by atoms with Crippen molar-refractivity contribution in [2.24, 2.45) is 0 Å². The Morgan fingerprint density at radius 2 is 2.31 bits per heavy atom. The SMILES string of the molecule is CC(=O)c1nc2c(s1)Cc1cc(F)ccc1-2. The van der Waals surface area contributed by atoms with E-state index in [9.17, 15) is 9.18 Å². The molecule has 1 aliphatic carbocycles. The Labute approximate surface area is 95.8 Å². The zero-order chi connectivity index (χ0) is 11.3. The number of thiazole rings is 1. The molecule has 0 bridgehead atoms. The van der Waals surface area contributed by atoms with E-state index in [0.29, 0.717) is 11.4 Å². The second-order valence-electron chi connectivity index (χ2n) is 3.83. The average molecular weight is 233 g/mol. The van der Waals surface area contributed by atoms with Gasteiger partial charge in [-0.25, -0.2) is 9.37 Å². The van der Waals surface area contributed by atoms with E-state index < -0.39 is 0 Å². The fourth-order valence-corrected chi connectivity index (χ4v) is 2.94. The summed E-state index contributed by atoms with van der Waals surface area (Å²) in [6.45, 7) is 1.51. The molecular weight excluding hydrogens is 225 g/mol. The summed E-state index contributed by atoms with van der Waals surface area (Å²) in [5, 5.41) is 0.542. The highest BCUT2D eigenvalue weighted by Crippen LogP contribution is 2.39. The normalized spacial score (nSPS) is 12.4. The van der Waals surface area contributed by atoms with E-state index in [1.165, 1.54) is 30.4 Å². The fraction of sp³-hybridized carbons (Fsp3) is 0.167. The topological polar surface area (TPSA) is 30.0 Å². The smallest absolute Gasteiger partial charge is 0.188 e. The first-order chi connectivity index (χ1) is 7.65. The van der Waals surface area contributed by atoms with E-state index in [-0.39, 0.29) is 11.6 Å². The Kier molecular flexibility index (Phi) is 1.94. The van der Waals surface area contributed by atoms with Gasteiger partial charge in [0.25, 0.3) is 0 Å². The summed E-state index contributed by atoms with van der Waals surface area (Å²) in [4.78, 5) is 16.6. The molecule has 0 fully saturated rings. The maximum absolute atomic E-state index is 13.0. The molecular formula is C12H8FNOS. The highest BCUT2D eigenvalue weighted by molar-refractivity contribution is 7.14. The maximum Gasteiger partial charge on any atom is 0.188 e. The first-order valence-electron chi connectivity index (χ1n) is 4.94. The molecule has 4 heteroatoms. The van der Waals surface area contributed by atoms with Gasteiger partial charge in [0, 0.05) is 23.8 Å². The van der Waals surface area contributed by atoms with E-state index in [0.717, 1.165) is 21.7 Å². The van der Waals surface area contributed by atoms with Crippen molar-refractivity contribution in [2.75, 3.05) is 0 Å². The molecule has 80 valence electrons. The van der Waals surface area contributed by atoms with E-state index in [1.54, 1.807) is 6.07 Å². The maximum atomic E-state index is 13.0. The van der Waals surface area contributed by atoms with Crippen LogP contribution in [0.1, 0.15) is 27.2 Å². The van der Waals surface area contributed by atoms with Crippen LogP contribution in [0.25, 0.3) is 11.3 Å². The number of halogens is 1. The summed E-state index contributed by atoms with van der Waals surface area (Å²) in [6, 6.07) is 4.71. The standard InChI is InChI=1S/C12H8FNOS/c1-6(15)12-14-11-9-3-2-8(13)4-7(9)5-10(11)16-12/h2-4H,5H2,1H3. The molecule has 1 aromatic carbocycles. The number of Topliss-reactive ketones (excluding diaryl/α,β-unsaturated/α-hetero) is 1. The lowest BCUT2D eigenvalue weighted by molar-refractivity contribution is 0.101. The average Bonchev–Trinajstić information content (AvgIpc) is 2.73. The van der Waals surface area contributed by atoms with Crippen LogP contribution in [0, 0.1) is 5.82 Å². The number of carbonyl (C=O) groups excluding carboxylic acids is 1. The summed E-state index contributed by atoms with van der Waals surface area (Å²) >= 11 is 1.41. The lowest BCUT2D eigenvalue weighted by Crippen LogP contribution is -1.90. The Hall–Kier alpha value is -1.55. The van der Waals surface area contributed by atoms with Gasteiger partial charge in [0.15, 0.2) is 10.8 Å². The summed E-state index contributed by atoms with van der Waals surface area (Å²) in [7, 11) is 0. The predicted molar refractivity (Wildman–Crippen MR) is 60.3 cm³/mol. The molecule has 0 radical (unpaired) electrons. The van der Waals surface area contributed by atoms with Crippen molar-refractivity contribution in [2.45, 2.75) is 13.3 Å². The molecule has 0 atom stereocenters. The number of ketones is 1. The molecule has 0 amide bonds. The second kappa shape index (κ2) is 3.22. The minimum atomic E-state index is -0.222. The van der Waals surface area contributed by atoms with Crippen LogP contribution in [0.2, 0.25) is 0 Å². The van der Waals surface area contributed by atoms with Crippen molar-refractivity contribution < 1.29 is 9.18 Å². The van der Waals surface area contributed by atoms with Gasteiger partial charge in [0.05, 0.1) is 5.69 Å². The highest BCUT2D eigenvalue weighted by Gasteiger charge is 2.24. The molecule has 0 aliphatic heterocycles. The first-order valence-corrected chi connectivity index (χ1v) is 5.76. The summed E-state index contributed by atoms with van der Waals surface area (Å²) in [5.41, 5.74) is 2.77. The van der Waals surface area contributed by atoms with Crippen molar-refractivity contribution in [3.05, 3.63) is 39.5 Å². The van der Waals surface area contributed by atoms with Crippen molar-refractivity contribution in [1.82, 2.24) is 4.98 Å². The van der Waals surface area contributed by atoms with Gasteiger partial charge < -0.3 is 0 Å². The minimum Gasteiger partial charge on any atom is -0.292 e. The van der Waals surface area contributed by atoms with Crippen LogP contribution in [0.4, 0.5) is 4.39 Å². The van der Waals surface area contributed by atoms with Gasteiger partial charge in [-0.1, -0.05) is 0 Å². The van der Waals surface area contributed by atoms with Gasteiger partial charge >= 0.3 is 0 Å². The van der Waals surface area contributed by atoms with Crippen molar-refractivity contribution in [3.63, 3.8) is 0 Å². The molecule has 0 spiro atoms. The van der Waals surface area contributed by atoms with Gasteiger partial charge in [-0.05, 0) is 23.8 Å². The van der Waals surface area contributed by atoms with Gasteiger partial charge in [-0.15, -0.1) is 11.3 Å². The third-order valence-corrected chi connectivity index (χ3v) is 3.83. The Balaban J connectivity index is 2.16. The van der Waals surface area contributed by atoms with E-state index >= 15 is 0 Å². The number of nitrogens with zero attached hydrogens (tertiary/aromatic N) is 1. The lowest BCUT2D eigenvalue weighted by Gasteiger charge is -1.98. The number of carbonyl (C=O) groups is 1. The molecule has 2 aromatic rings. The molecule has 1 aliphatic rings. The third kappa shape index (κ3) is 1.30. The first kappa shape index (κ1) is 9.66. The molecule has 0 unspecified atom stereocenters. The summed E-state index contributed by atoms with van der Waals surface area (Å²) < 4.78 is 13.0. The van der Waals surface area contributed by atoms with E-state index in [4.69, 9.17) is 0 Å². The van der Waals surface area contributed by atoms with E-state index in [1.807, 2.05) is 0 Å². The summed E-state index contributed by atoms with van der Waals surface area (Å²) in [5.74, 6) is -0.233. The number of benzene rings is 1. The van der Waals surface area contributed by atoms with Gasteiger partial charge in [0.2, 0.25) is 0 Å². The molecule has 0 saturated heterocycles. The van der Waals surface area contributed by atoms with Crippen molar-refractivity contribution in [3.8, 4) is 11.3 Å². The second-order valence-corrected chi connectivity index (χ2v) is 4.91. The van der Waals surface area contributed by atoms with Crippen molar-refractivity contribution in [1.29, 1.82) is 0 Å². The van der Waals surface area contributed by atoms with Crippen LogP contribution in [0.15, 0.2) is 18.2 Å². The monoisotopic (exact) mass is 233 g/mol. The molecule has 16 heavy (non-hydrogen) atoms. The number of rotatable bonds is 1. The fourth-order valence-electron chi connectivity index (χ4n) is 1.95. The Morgan fingerprint density at radius 1 is 1.50 bits per heavy atom. The van der Waals surface area contributed by atoms with Crippen LogP contribution >= 0.6 is 11.3 Å². The molecule has 2 nitrogen and oxygen atoms in total. The van der Waals surface area contributed by atoms with Gasteiger partial charge in [-0.2, -0.15) is 0 Å². The predicted octanol–water partition coefficient (Wildman–Crippen LogP) is 3.06. The molecule has 3 rings (SSSR count). The molecule has 0 saturated carbocycles. The van der Waals surface area contributed by atoms with Crippen molar-refractivity contribution >= 4 is 17.1 Å². The van der Waals surface area contributed by atoms with Gasteiger partial charge in [0.1, 0.15) is 5.82 Å². The van der Waals surface area contributed by atoms with Gasteiger partial charge in [-0.3, -0.25) is 4.79 Å². The van der Waals surface area contributed by atoms with Crippen LogP contribution in [0.3, 0.4) is 0 Å².